The topological polar surface area (TPSA) is 53.9 Å². The summed E-state index contributed by atoms with van der Waals surface area (Å²) in [6.07, 6.45) is 3.93. The van der Waals surface area contributed by atoms with E-state index in [0.717, 1.165) is 35.8 Å². The van der Waals surface area contributed by atoms with Gasteiger partial charge in [0.05, 0.1) is 6.20 Å². The van der Waals surface area contributed by atoms with Gasteiger partial charge in [0.2, 0.25) is 5.95 Å². The minimum absolute atomic E-state index is 0.524. The average Bonchev–Trinajstić information content (AvgIpc) is 2.67. The number of fused-ring (bicyclic) bond motifs is 1. The summed E-state index contributed by atoms with van der Waals surface area (Å²) in [5.74, 6) is 1.34. The number of aryl methyl sites for hydroxylation is 1. The zero-order chi connectivity index (χ0) is 17.1. The van der Waals surface area contributed by atoms with Crippen LogP contribution in [0.5, 0.6) is 0 Å². The molecule has 0 amide bonds. The van der Waals surface area contributed by atoms with Crippen LogP contribution in [0.2, 0.25) is 5.02 Å². The highest BCUT2D eigenvalue weighted by molar-refractivity contribution is 6.30. The number of benzene rings is 2. The second-order valence-electron chi connectivity index (χ2n) is 6.00. The fourth-order valence-electron chi connectivity index (χ4n) is 3.05. The summed E-state index contributed by atoms with van der Waals surface area (Å²) >= 11 is 5.92. The Morgan fingerprint density at radius 1 is 1.08 bits per heavy atom. The van der Waals surface area contributed by atoms with Crippen LogP contribution < -0.4 is 10.2 Å². The smallest absolute Gasteiger partial charge is 0.244 e. The second kappa shape index (κ2) is 7.07. The molecule has 5 nitrogen and oxygen atoms in total. The van der Waals surface area contributed by atoms with E-state index >= 15 is 0 Å². The van der Waals surface area contributed by atoms with E-state index in [9.17, 15) is 0 Å². The summed E-state index contributed by atoms with van der Waals surface area (Å²) in [5, 5.41) is 12.2. The second-order valence-corrected chi connectivity index (χ2v) is 6.44. The van der Waals surface area contributed by atoms with Gasteiger partial charge in [0.1, 0.15) is 0 Å². The van der Waals surface area contributed by atoms with Crippen LogP contribution >= 0.6 is 11.6 Å². The molecule has 0 unspecified atom stereocenters. The van der Waals surface area contributed by atoms with Crippen molar-refractivity contribution in [1.82, 2.24) is 15.2 Å². The molecule has 1 aliphatic rings. The summed E-state index contributed by atoms with van der Waals surface area (Å²) in [5.41, 5.74) is 3.67. The van der Waals surface area contributed by atoms with E-state index in [4.69, 9.17) is 11.6 Å². The van der Waals surface area contributed by atoms with E-state index < -0.39 is 0 Å². The minimum Gasteiger partial charge on any atom is -0.349 e. The normalized spacial score (nSPS) is 13.4. The number of rotatable bonds is 4. The molecule has 4 rings (SSSR count). The van der Waals surface area contributed by atoms with E-state index in [0.29, 0.717) is 12.5 Å². The molecule has 2 heterocycles. The third-order valence-electron chi connectivity index (χ3n) is 4.30. The van der Waals surface area contributed by atoms with Crippen LogP contribution in [0.15, 0.2) is 54.7 Å². The lowest BCUT2D eigenvalue weighted by Gasteiger charge is -2.30. The zero-order valence-corrected chi connectivity index (χ0v) is 14.4. The van der Waals surface area contributed by atoms with Crippen molar-refractivity contribution in [3.8, 4) is 0 Å². The van der Waals surface area contributed by atoms with Gasteiger partial charge in [0.25, 0.3) is 0 Å². The molecular weight excluding hydrogens is 334 g/mol. The number of nitrogens with zero attached hydrogens (tertiary/aromatic N) is 4. The molecule has 0 saturated carbocycles. The first-order valence-electron chi connectivity index (χ1n) is 8.33. The fraction of sp³-hybridized carbons (Fsp3) is 0.211. The first-order valence-corrected chi connectivity index (χ1v) is 8.71. The number of hydrogen-bond acceptors (Lipinski definition) is 5. The number of anilines is 3. The lowest BCUT2D eigenvalue weighted by Crippen LogP contribution is -2.25. The quantitative estimate of drug-likeness (QED) is 0.762. The molecule has 126 valence electrons. The Morgan fingerprint density at radius 3 is 2.80 bits per heavy atom. The molecule has 3 aromatic rings. The van der Waals surface area contributed by atoms with Crippen molar-refractivity contribution in [3.63, 3.8) is 0 Å². The van der Waals surface area contributed by atoms with Crippen LogP contribution in [-0.4, -0.2) is 21.7 Å². The van der Waals surface area contributed by atoms with Gasteiger partial charge in [0.15, 0.2) is 5.82 Å². The molecule has 0 saturated heterocycles. The molecule has 0 spiro atoms. The van der Waals surface area contributed by atoms with E-state index in [1.165, 1.54) is 11.3 Å². The Morgan fingerprint density at radius 2 is 1.92 bits per heavy atom. The van der Waals surface area contributed by atoms with E-state index in [2.05, 4.69) is 49.7 Å². The monoisotopic (exact) mass is 351 g/mol. The number of para-hydroxylation sites is 1. The fourth-order valence-corrected chi connectivity index (χ4v) is 3.18. The van der Waals surface area contributed by atoms with Gasteiger partial charge in [0, 0.05) is 23.8 Å². The highest BCUT2D eigenvalue weighted by Gasteiger charge is 2.19. The molecule has 2 aromatic carbocycles. The van der Waals surface area contributed by atoms with Gasteiger partial charge in [-0.2, -0.15) is 10.1 Å². The number of halogens is 1. The standard InChI is InChI=1S/C19H18ClN5/c20-16-9-7-14(8-10-16)12-21-19-23-18(13-22-24-19)25-11-3-5-15-4-1-2-6-17(15)25/h1-2,4,6-10,13H,3,5,11-12H2,(H,21,23,24). The summed E-state index contributed by atoms with van der Waals surface area (Å²) in [4.78, 5) is 6.85. The Bertz CT molecular complexity index is 866. The zero-order valence-electron chi connectivity index (χ0n) is 13.7. The predicted molar refractivity (Wildman–Crippen MR) is 100 cm³/mol. The van der Waals surface area contributed by atoms with Crippen LogP contribution in [0.4, 0.5) is 17.5 Å². The van der Waals surface area contributed by atoms with Crippen molar-refractivity contribution >= 4 is 29.1 Å². The molecule has 1 aliphatic heterocycles. The van der Waals surface area contributed by atoms with Crippen molar-refractivity contribution in [1.29, 1.82) is 0 Å². The maximum atomic E-state index is 5.92. The number of aromatic nitrogens is 3. The van der Waals surface area contributed by atoms with Gasteiger partial charge in [-0.1, -0.05) is 41.9 Å². The highest BCUT2D eigenvalue weighted by Crippen LogP contribution is 2.31. The minimum atomic E-state index is 0.524. The summed E-state index contributed by atoms with van der Waals surface area (Å²) in [7, 11) is 0. The van der Waals surface area contributed by atoms with Crippen molar-refractivity contribution in [2.45, 2.75) is 19.4 Å². The first kappa shape index (κ1) is 15.8. The van der Waals surface area contributed by atoms with Gasteiger partial charge in [-0.3, -0.25) is 0 Å². The van der Waals surface area contributed by atoms with E-state index in [1.807, 2.05) is 24.3 Å². The third-order valence-corrected chi connectivity index (χ3v) is 4.55. The van der Waals surface area contributed by atoms with Gasteiger partial charge < -0.3 is 10.2 Å². The van der Waals surface area contributed by atoms with Crippen molar-refractivity contribution in [2.75, 3.05) is 16.8 Å². The summed E-state index contributed by atoms with van der Waals surface area (Å²) < 4.78 is 0. The SMILES string of the molecule is Clc1ccc(CNc2nncc(N3CCCc4ccccc43)n2)cc1. The van der Waals surface area contributed by atoms with Gasteiger partial charge in [-0.15, -0.1) is 5.10 Å². The van der Waals surface area contributed by atoms with Crippen molar-refractivity contribution in [3.05, 3.63) is 70.9 Å². The molecule has 6 heteroatoms. The van der Waals surface area contributed by atoms with Crippen LogP contribution in [0, 0.1) is 0 Å². The van der Waals surface area contributed by atoms with Crippen molar-refractivity contribution in [2.24, 2.45) is 0 Å². The molecule has 0 radical (unpaired) electrons. The first-order chi connectivity index (χ1) is 12.3. The molecule has 1 N–H and O–H groups in total. The van der Waals surface area contributed by atoms with Crippen LogP contribution in [0.1, 0.15) is 17.5 Å². The summed E-state index contributed by atoms with van der Waals surface area (Å²) in [6, 6.07) is 16.2. The summed E-state index contributed by atoms with van der Waals surface area (Å²) in [6.45, 7) is 1.56. The van der Waals surface area contributed by atoms with Gasteiger partial charge >= 0.3 is 0 Å². The Hall–Kier alpha value is -2.66. The molecule has 0 atom stereocenters. The van der Waals surface area contributed by atoms with E-state index in [1.54, 1.807) is 6.20 Å². The number of nitrogens with one attached hydrogen (secondary N) is 1. The van der Waals surface area contributed by atoms with Crippen LogP contribution in [0.25, 0.3) is 0 Å². The molecule has 1 aromatic heterocycles. The molecule has 25 heavy (non-hydrogen) atoms. The van der Waals surface area contributed by atoms with Gasteiger partial charge in [-0.05, 0) is 42.2 Å². The van der Waals surface area contributed by atoms with Gasteiger partial charge in [-0.25, -0.2) is 0 Å². The Kier molecular flexibility index (Phi) is 4.48. The molecular formula is C19H18ClN5. The highest BCUT2D eigenvalue weighted by atomic mass is 35.5. The molecule has 0 bridgehead atoms. The van der Waals surface area contributed by atoms with E-state index in [-0.39, 0.29) is 0 Å². The maximum Gasteiger partial charge on any atom is 0.244 e. The lowest BCUT2D eigenvalue weighted by molar-refractivity contribution is 0.754. The Balaban J connectivity index is 1.53. The molecule has 0 fully saturated rings. The van der Waals surface area contributed by atoms with Crippen LogP contribution in [-0.2, 0) is 13.0 Å². The van der Waals surface area contributed by atoms with Crippen molar-refractivity contribution < 1.29 is 0 Å². The average molecular weight is 352 g/mol. The molecule has 0 aliphatic carbocycles. The van der Waals surface area contributed by atoms with Crippen LogP contribution in [0.3, 0.4) is 0 Å². The predicted octanol–water partition coefficient (Wildman–Crippen LogP) is 4.22. The largest absolute Gasteiger partial charge is 0.349 e. The lowest BCUT2D eigenvalue weighted by atomic mass is 10.0. The number of hydrogen-bond donors (Lipinski definition) is 1. The Labute approximate surface area is 151 Å². The maximum absolute atomic E-state index is 5.92. The third kappa shape index (κ3) is 3.56.